The van der Waals surface area contributed by atoms with Crippen molar-refractivity contribution in [2.75, 3.05) is 36.4 Å². The summed E-state index contributed by atoms with van der Waals surface area (Å²) in [6.07, 6.45) is 2.34. The number of para-hydroxylation sites is 3. The second-order valence-corrected chi connectivity index (χ2v) is 8.32. The average Bonchev–Trinajstić information content (AvgIpc) is 2.78. The minimum atomic E-state index is -3.08. The lowest BCUT2D eigenvalue weighted by molar-refractivity contribution is -0.139. The van der Waals surface area contributed by atoms with Gasteiger partial charge >= 0.3 is 0 Å². The zero-order valence-corrected chi connectivity index (χ0v) is 18.0. The molecule has 0 saturated carbocycles. The van der Waals surface area contributed by atoms with Crippen LogP contribution in [0, 0.1) is 0 Å². The first kappa shape index (κ1) is 22.0. The Morgan fingerprint density at radius 1 is 1.06 bits per heavy atom. The number of hydrogen-bond acceptors (Lipinski definition) is 4. The van der Waals surface area contributed by atoms with Gasteiger partial charge in [-0.15, -0.1) is 0 Å². The van der Waals surface area contributed by atoms with Gasteiger partial charge in [0.15, 0.2) is 6.10 Å². The molecule has 0 aliphatic carbocycles. The van der Waals surface area contributed by atoms with Crippen molar-refractivity contribution in [3.8, 4) is 5.75 Å². The van der Waals surface area contributed by atoms with Crippen LogP contribution in [0.25, 0.3) is 0 Å². The highest BCUT2D eigenvalue weighted by molar-refractivity contribution is 5.95. The van der Waals surface area contributed by atoms with Crippen LogP contribution in [-0.4, -0.2) is 49.0 Å². The van der Waals surface area contributed by atoms with Crippen LogP contribution in [0.15, 0.2) is 48.5 Å². The van der Waals surface area contributed by atoms with Crippen LogP contribution >= 0.6 is 0 Å². The molecule has 32 heavy (non-hydrogen) atoms. The Balaban J connectivity index is 1.51. The van der Waals surface area contributed by atoms with E-state index in [-0.39, 0.29) is 30.2 Å². The third-order valence-electron chi connectivity index (χ3n) is 5.81. The van der Waals surface area contributed by atoms with Crippen molar-refractivity contribution in [2.45, 2.75) is 38.2 Å². The van der Waals surface area contributed by atoms with Gasteiger partial charge in [0.2, 0.25) is 5.91 Å². The standard InChI is InChI=1S/C24H27F2N3O3/c1-24(25,26)17-9-3-4-10-18(17)27-22(30)16-29-15-21(23(31)28-13-7-2-8-14-28)32-20-12-6-5-11-19(20)29/h3-6,9-12,21H,2,7-8,13-16H2,1H3,(H,27,30). The Kier molecular flexibility index (Phi) is 6.30. The number of halogens is 2. The van der Waals surface area contributed by atoms with Crippen molar-refractivity contribution in [3.63, 3.8) is 0 Å². The lowest BCUT2D eigenvalue weighted by Crippen LogP contribution is -2.52. The van der Waals surface area contributed by atoms with Crippen molar-refractivity contribution in [1.82, 2.24) is 4.90 Å². The maximum absolute atomic E-state index is 13.9. The first-order valence-electron chi connectivity index (χ1n) is 10.9. The molecule has 2 aromatic rings. The third kappa shape index (κ3) is 4.84. The predicted octanol–water partition coefficient (Wildman–Crippen LogP) is 4.02. The SMILES string of the molecule is CC(F)(F)c1ccccc1NC(=O)CN1CC(C(=O)N2CCCCC2)Oc2ccccc21. The number of fused-ring (bicyclic) bond motifs is 1. The number of ether oxygens (including phenoxy) is 1. The summed E-state index contributed by atoms with van der Waals surface area (Å²) in [4.78, 5) is 29.4. The number of piperidine rings is 1. The van der Waals surface area contributed by atoms with Gasteiger partial charge in [0.25, 0.3) is 11.8 Å². The van der Waals surface area contributed by atoms with Crippen LogP contribution in [-0.2, 0) is 15.5 Å². The zero-order chi connectivity index (χ0) is 22.7. The summed E-state index contributed by atoms with van der Waals surface area (Å²) in [6.45, 7) is 2.35. The van der Waals surface area contributed by atoms with Gasteiger partial charge in [0.05, 0.1) is 18.8 Å². The fourth-order valence-corrected chi connectivity index (χ4v) is 4.24. The van der Waals surface area contributed by atoms with Crippen molar-refractivity contribution in [2.24, 2.45) is 0 Å². The molecule has 170 valence electrons. The number of alkyl halides is 2. The highest BCUT2D eigenvalue weighted by Gasteiger charge is 2.35. The van der Waals surface area contributed by atoms with Crippen LogP contribution in [0.5, 0.6) is 5.75 Å². The van der Waals surface area contributed by atoms with Gasteiger partial charge in [-0.25, -0.2) is 8.78 Å². The van der Waals surface area contributed by atoms with E-state index in [1.54, 1.807) is 17.0 Å². The Hall–Kier alpha value is -3.16. The minimum absolute atomic E-state index is 0.0764. The Labute approximate surface area is 186 Å². The molecule has 6 nitrogen and oxygen atoms in total. The number of benzene rings is 2. The molecule has 4 rings (SSSR count). The number of rotatable bonds is 5. The molecule has 8 heteroatoms. The molecule has 0 aromatic heterocycles. The number of carbonyl (C=O) groups is 2. The highest BCUT2D eigenvalue weighted by Crippen LogP contribution is 2.35. The lowest BCUT2D eigenvalue weighted by atomic mass is 10.1. The number of likely N-dealkylation sites (tertiary alicyclic amines) is 1. The number of hydrogen-bond donors (Lipinski definition) is 1. The molecule has 0 spiro atoms. The fraction of sp³-hybridized carbons (Fsp3) is 0.417. The molecule has 1 saturated heterocycles. The molecule has 1 fully saturated rings. The molecular weight excluding hydrogens is 416 g/mol. The van der Waals surface area contributed by atoms with E-state index in [0.717, 1.165) is 26.2 Å². The van der Waals surface area contributed by atoms with Crippen LogP contribution in [0.3, 0.4) is 0 Å². The Morgan fingerprint density at radius 3 is 2.50 bits per heavy atom. The molecule has 2 amide bonds. The van der Waals surface area contributed by atoms with Gasteiger partial charge in [-0.05, 0) is 37.5 Å². The van der Waals surface area contributed by atoms with Crippen LogP contribution < -0.4 is 15.0 Å². The summed E-state index contributed by atoms with van der Waals surface area (Å²) in [5, 5.41) is 2.61. The molecule has 1 N–H and O–H groups in total. The predicted molar refractivity (Wildman–Crippen MR) is 118 cm³/mol. The summed E-state index contributed by atoms with van der Waals surface area (Å²) in [5.41, 5.74) is 0.529. The monoisotopic (exact) mass is 443 g/mol. The average molecular weight is 443 g/mol. The number of nitrogens with one attached hydrogen (secondary N) is 1. The minimum Gasteiger partial charge on any atom is -0.477 e. The molecule has 1 atom stereocenters. The molecule has 2 aromatic carbocycles. The smallest absolute Gasteiger partial charge is 0.272 e. The van der Waals surface area contributed by atoms with Crippen molar-refractivity contribution < 1.29 is 23.1 Å². The first-order chi connectivity index (χ1) is 15.3. The summed E-state index contributed by atoms with van der Waals surface area (Å²) in [6, 6.07) is 13.1. The lowest BCUT2D eigenvalue weighted by Gasteiger charge is -2.38. The quantitative estimate of drug-likeness (QED) is 0.759. The van der Waals surface area contributed by atoms with Crippen molar-refractivity contribution in [3.05, 3.63) is 54.1 Å². The molecule has 2 aliphatic rings. The Morgan fingerprint density at radius 2 is 1.75 bits per heavy atom. The summed E-state index contributed by atoms with van der Waals surface area (Å²) in [5.74, 6) is -3.08. The Bertz CT molecular complexity index is 986. The second-order valence-electron chi connectivity index (χ2n) is 8.32. The van der Waals surface area contributed by atoms with E-state index in [0.29, 0.717) is 24.5 Å². The van der Waals surface area contributed by atoms with Crippen molar-refractivity contribution in [1.29, 1.82) is 0 Å². The van der Waals surface area contributed by atoms with E-state index in [1.165, 1.54) is 18.2 Å². The fourth-order valence-electron chi connectivity index (χ4n) is 4.24. The molecule has 1 unspecified atom stereocenters. The van der Waals surface area contributed by atoms with Crippen LogP contribution in [0.4, 0.5) is 20.2 Å². The molecule has 2 aliphatic heterocycles. The number of anilines is 2. The van der Waals surface area contributed by atoms with E-state index >= 15 is 0 Å². The number of nitrogens with zero attached hydrogens (tertiary/aromatic N) is 2. The largest absolute Gasteiger partial charge is 0.477 e. The normalized spacial score (nSPS) is 18.5. The van der Waals surface area contributed by atoms with Crippen molar-refractivity contribution >= 4 is 23.2 Å². The first-order valence-corrected chi connectivity index (χ1v) is 10.9. The molecular formula is C24H27F2N3O3. The van der Waals surface area contributed by atoms with Gasteiger partial charge in [-0.1, -0.05) is 30.3 Å². The van der Waals surface area contributed by atoms with Gasteiger partial charge in [0.1, 0.15) is 5.75 Å². The molecule has 2 heterocycles. The van der Waals surface area contributed by atoms with E-state index in [4.69, 9.17) is 4.74 Å². The molecule has 0 radical (unpaired) electrons. The molecule has 0 bridgehead atoms. The van der Waals surface area contributed by atoms with Gasteiger partial charge in [0, 0.05) is 31.3 Å². The van der Waals surface area contributed by atoms with Crippen LogP contribution in [0.1, 0.15) is 31.7 Å². The number of carbonyl (C=O) groups excluding carboxylic acids is 2. The maximum atomic E-state index is 13.9. The van der Waals surface area contributed by atoms with E-state index in [2.05, 4.69) is 5.32 Å². The van der Waals surface area contributed by atoms with Gasteiger partial charge in [-0.2, -0.15) is 0 Å². The van der Waals surface area contributed by atoms with E-state index in [9.17, 15) is 18.4 Å². The van der Waals surface area contributed by atoms with E-state index < -0.39 is 17.9 Å². The van der Waals surface area contributed by atoms with Crippen LogP contribution in [0.2, 0.25) is 0 Å². The zero-order valence-electron chi connectivity index (χ0n) is 18.0. The van der Waals surface area contributed by atoms with Gasteiger partial charge in [-0.3, -0.25) is 9.59 Å². The van der Waals surface area contributed by atoms with Gasteiger partial charge < -0.3 is 19.9 Å². The topological polar surface area (TPSA) is 61.9 Å². The highest BCUT2D eigenvalue weighted by atomic mass is 19.3. The third-order valence-corrected chi connectivity index (χ3v) is 5.81. The summed E-state index contributed by atoms with van der Waals surface area (Å²) >= 11 is 0. The summed E-state index contributed by atoms with van der Waals surface area (Å²) < 4.78 is 33.8. The number of amides is 2. The summed E-state index contributed by atoms with van der Waals surface area (Å²) in [7, 11) is 0. The maximum Gasteiger partial charge on any atom is 0.272 e. The van der Waals surface area contributed by atoms with E-state index in [1.807, 2.05) is 23.1 Å². The second kappa shape index (κ2) is 9.14.